The number of aliphatic hydroxyl groups excluding tert-OH is 4. The number of urea groups is 4. The SMILES string of the molecule is C.CCOC(=O)C1(C(=O)C[C@@H](CCCNC(N)=O)C(=O)Cc2ccc(CO)cc2)CCC1.C[B]P=O.NC(=O)NCCC[C@H](CC(=O)C1(C(=O)CCCCCCN2C(=O)C=CC2=O)CCC1)C(=O)Nc1ccc(CO)cc1.NC(=O)NCCC[C@H](CC(=O)C1(C(=O)O)CCC1)C(=O)Nc1ccc(CO)cc1.NC(=O)NCCC[C@H](CC(=O)C1(C(=O)O)CCC1)C(=O)Nc1ccc(CO)cc1. The Morgan fingerprint density at radius 2 is 0.689 bits per heavy atom. The fraction of sp³-hybridized carbons (Fsp3) is 0.537. The second-order valence-corrected chi connectivity index (χ2v) is 34.6. The number of imide groups is 1. The summed E-state index contributed by atoms with van der Waals surface area (Å²) in [5.74, 6) is -8.72. The number of nitrogens with two attached hydrogens (primary N) is 4. The van der Waals surface area contributed by atoms with Crippen LogP contribution in [0.1, 0.15) is 228 Å². The van der Waals surface area contributed by atoms with E-state index in [1.54, 1.807) is 118 Å². The van der Waals surface area contributed by atoms with Crippen LogP contribution in [0.3, 0.4) is 0 Å². The van der Waals surface area contributed by atoms with Gasteiger partial charge in [0.1, 0.15) is 33.6 Å². The predicted octanol–water partition coefficient (Wildman–Crippen LogP) is 9.18. The van der Waals surface area contributed by atoms with Gasteiger partial charge < -0.3 is 95.5 Å². The number of rotatable bonds is 54. The molecule has 9 rings (SSSR count). The third-order valence-electron chi connectivity index (χ3n) is 24.7. The number of carboxylic acid groups (broad SMARTS) is 2. The molecule has 0 bridgehead atoms. The molecule has 0 aromatic heterocycles. The van der Waals surface area contributed by atoms with E-state index in [2.05, 4.69) is 37.2 Å². The first-order valence-corrected chi connectivity index (χ1v) is 46.2. The van der Waals surface area contributed by atoms with E-state index in [1.165, 1.54) is 17.1 Å². The molecule has 0 unspecified atom stereocenters. The number of ketones is 6. The van der Waals surface area contributed by atoms with Gasteiger partial charge in [-0.05, 0) is 187 Å². The zero-order valence-electron chi connectivity index (χ0n) is 76.1. The van der Waals surface area contributed by atoms with Crippen LogP contribution in [0.15, 0.2) is 109 Å². The molecule has 4 aromatic carbocycles. The monoisotopic (exact) mass is 1900 g/mol. The molecule has 4 aliphatic carbocycles. The minimum atomic E-state index is -1.38. The van der Waals surface area contributed by atoms with Crippen LogP contribution in [0.2, 0.25) is 6.82 Å². The number of carboxylic acids is 2. The zero-order chi connectivity index (χ0) is 99.0. The largest absolute Gasteiger partial charge is 0.480 e. The van der Waals surface area contributed by atoms with Crippen LogP contribution in [-0.4, -0.2) is 188 Å². The fourth-order valence-electron chi connectivity index (χ4n) is 15.9. The first-order chi connectivity index (χ1) is 63.9. The number of esters is 1. The van der Waals surface area contributed by atoms with Crippen molar-refractivity contribution >= 4 is 139 Å². The highest BCUT2D eigenvalue weighted by Crippen LogP contribution is 2.48. The molecule has 1 heterocycles. The van der Waals surface area contributed by atoms with Crippen molar-refractivity contribution in [2.45, 2.75) is 240 Å². The summed E-state index contributed by atoms with van der Waals surface area (Å²) in [4.78, 5) is 221. The number of amides is 13. The summed E-state index contributed by atoms with van der Waals surface area (Å²) in [6.07, 6.45) is 14.3. The van der Waals surface area contributed by atoms with Gasteiger partial charge in [-0.3, -0.25) is 76.6 Å². The highest BCUT2D eigenvalue weighted by atomic mass is 31.1. The second-order valence-electron chi connectivity index (χ2n) is 33.9. The number of nitrogens with one attached hydrogen (secondary N) is 7. The van der Waals surface area contributed by atoms with Gasteiger partial charge in [0.2, 0.25) is 24.7 Å². The topological polar surface area (TPSA) is 646 Å². The predicted molar refractivity (Wildman–Crippen MR) is 501 cm³/mol. The molecule has 1 radical (unpaired) electrons. The number of anilines is 3. The van der Waals surface area contributed by atoms with Crippen LogP contribution >= 0.6 is 8.34 Å². The van der Waals surface area contributed by atoms with Crippen LogP contribution in [0.25, 0.3) is 0 Å². The lowest BCUT2D eigenvalue weighted by Gasteiger charge is -2.39. The van der Waals surface area contributed by atoms with E-state index in [-0.39, 0.29) is 148 Å². The summed E-state index contributed by atoms with van der Waals surface area (Å²) in [5.41, 5.74) is 20.5. The summed E-state index contributed by atoms with van der Waals surface area (Å²) in [6, 6.07) is 24.4. The Bertz CT molecular complexity index is 4550. The Balaban J connectivity index is 0.000000374. The average molecular weight is 1900 g/mol. The minimum absolute atomic E-state index is 0. The maximum absolute atomic E-state index is 13.5. The van der Waals surface area contributed by atoms with Crippen molar-refractivity contribution in [3.8, 4) is 0 Å². The maximum Gasteiger partial charge on any atom is 0.319 e. The number of carbonyl (C=O) groups excluding carboxylic acids is 16. The standard InChI is InChI=1S/C30H40N4O7.C23H32N2O6.2C20H27N3O6.CH3BOP.CH4/c31-29(41)32-17-5-7-22(28(40)33-23-11-9-21(20-35)10-12-23)19-25(37)30(15-6-16-30)24(36)8-3-1-2-4-18-34-26(38)13-14-27(34)39;1-2-31-21(29)23(10-4-11-23)20(28)14-18(5-3-12-25-22(24)30)19(27)13-16-6-8-17(15-26)9-7-16;2*21-19(29)22-10-1-3-14(11-16(25)20(18(27)28)8-2-9-20)17(26)23-15-6-4-13(12-24)5-7-15;1-2-4-3;/h9-14,22,35H,1-8,15-20H2,(H,33,40)(H3,31,32,41);6-9,18,26H,2-5,10-15H2,1H3,(H3,24,25,30);2*4-7,14,24H,1-3,8-12H2,(H,23,26)(H,27,28)(H3,21,22,29);1H3;1H4/t22-;18-;2*14-;;/m1111../s1. The van der Waals surface area contributed by atoms with E-state index in [9.17, 15) is 106 Å². The summed E-state index contributed by atoms with van der Waals surface area (Å²) in [7, 11) is 0.123. The second kappa shape index (κ2) is 59.4. The van der Waals surface area contributed by atoms with E-state index < -0.39 is 111 Å². The number of Topliss-reactive ketones (excluding diaryl/α,β-unsaturated/α-hetero) is 6. The molecule has 1 aliphatic heterocycles. The zero-order valence-corrected chi connectivity index (χ0v) is 77.0. The fourth-order valence-corrected chi connectivity index (χ4v) is 15.9. The number of unbranched alkanes of at least 4 members (excludes halogenated alkanes) is 3. The quantitative estimate of drug-likeness (QED) is 0.00489. The Morgan fingerprint density at radius 3 is 0.970 bits per heavy atom. The van der Waals surface area contributed by atoms with E-state index in [1.807, 2.05) is 0 Å². The van der Waals surface area contributed by atoms with Crippen LogP contribution in [0, 0.1) is 45.3 Å². The number of ether oxygens (including phenoxy) is 1. The van der Waals surface area contributed by atoms with Crippen LogP contribution in [-0.2, 0) is 109 Å². The van der Waals surface area contributed by atoms with Gasteiger partial charge in [-0.1, -0.05) is 113 Å². The van der Waals surface area contributed by atoms with Gasteiger partial charge in [0.05, 0.1) is 46.8 Å². The number of aliphatic carboxylic acids is 2. The molecule has 40 heteroatoms. The number of nitrogens with zero attached hydrogens (tertiary/aromatic N) is 1. The number of aliphatic hydroxyl groups is 4. The summed E-state index contributed by atoms with van der Waals surface area (Å²) >= 11 is 0. The lowest BCUT2D eigenvalue weighted by Crippen LogP contribution is -2.47. The third kappa shape index (κ3) is 36.8. The van der Waals surface area contributed by atoms with Gasteiger partial charge >= 0.3 is 42.0 Å². The molecule has 0 saturated heterocycles. The molecular formula is C95H133BN12O26P. The Labute approximate surface area is 788 Å². The van der Waals surface area contributed by atoms with E-state index in [0.717, 1.165) is 36.8 Å². The van der Waals surface area contributed by atoms with Crippen molar-refractivity contribution in [3.05, 3.63) is 137 Å². The first kappa shape index (κ1) is 115. The number of hydrogen-bond acceptors (Lipinski definition) is 24. The van der Waals surface area contributed by atoms with Crippen LogP contribution in [0.5, 0.6) is 0 Å². The Morgan fingerprint density at radius 1 is 0.407 bits per heavy atom. The summed E-state index contributed by atoms with van der Waals surface area (Å²) in [6.45, 7) is 6.19. The molecule has 21 N–H and O–H groups in total. The third-order valence-corrected chi connectivity index (χ3v) is 24.9. The summed E-state index contributed by atoms with van der Waals surface area (Å²) in [5, 5.41) is 73.6. The molecule has 4 saturated carbocycles. The van der Waals surface area contributed by atoms with Gasteiger partial charge in [0.25, 0.3) is 11.8 Å². The van der Waals surface area contributed by atoms with Crippen LogP contribution in [0.4, 0.5) is 36.2 Å². The molecule has 4 atom stereocenters. The number of carbonyl (C=O) groups is 18. The molecule has 4 aromatic rings. The highest BCUT2D eigenvalue weighted by Gasteiger charge is 2.55. The van der Waals surface area contributed by atoms with Gasteiger partial charge in [-0.15, -0.1) is 0 Å². The van der Waals surface area contributed by atoms with Crippen molar-refractivity contribution in [1.29, 1.82) is 0 Å². The van der Waals surface area contributed by atoms with E-state index >= 15 is 0 Å². The maximum atomic E-state index is 13.5. The molecule has 0 spiro atoms. The van der Waals surface area contributed by atoms with Gasteiger partial charge in [0, 0.05) is 124 Å². The number of benzene rings is 4. The molecule has 13 amide bonds. The van der Waals surface area contributed by atoms with Gasteiger partial charge in [-0.2, -0.15) is 0 Å². The Hall–Kier alpha value is -12.3. The first-order valence-electron chi connectivity index (χ1n) is 45.3. The lowest BCUT2D eigenvalue weighted by molar-refractivity contribution is -0.167. The molecular weight excluding hydrogens is 1770 g/mol. The lowest BCUT2D eigenvalue weighted by atomic mass is 9.61. The van der Waals surface area contributed by atoms with Crippen LogP contribution < -0.4 is 60.2 Å². The minimum Gasteiger partial charge on any atom is -0.480 e. The van der Waals surface area contributed by atoms with Gasteiger partial charge in [0.15, 0.2) is 17.3 Å². The smallest absolute Gasteiger partial charge is 0.319 e. The van der Waals surface area contributed by atoms with Crippen molar-refractivity contribution < 1.29 is 126 Å². The molecule has 38 nitrogen and oxygen atoms in total. The number of hydrogen-bond donors (Lipinski definition) is 17. The summed E-state index contributed by atoms with van der Waals surface area (Å²) < 4.78 is 14.3. The average Bonchev–Trinajstić information content (AvgIpc) is 0.866. The molecule has 737 valence electrons. The molecule has 5 aliphatic rings. The van der Waals surface area contributed by atoms with Crippen molar-refractivity contribution in [2.24, 2.45) is 68.3 Å². The van der Waals surface area contributed by atoms with E-state index in [4.69, 9.17) is 43.0 Å². The molecule has 4 fully saturated rings. The number of primary amides is 4. The van der Waals surface area contributed by atoms with E-state index in [0.29, 0.717) is 175 Å². The van der Waals surface area contributed by atoms with Gasteiger partial charge in [-0.25, -0.2) is 19.2 Å². The normalized spacial score (nSPS) is 15.4. The van der Waals surface area contributed by atoms with Crippen molar-refractivity contribution in [1.82, 2.24) is 26.2 Å². The Kier molecular flexibility index (Phi) is 50.6. The highest BCUT2D eigenvalue weighted by molar-refractivity contribution is 7.60. The van der Waals surface area contributed by atoms with Crippen molar-refractivity contribution in [3.63, 3.8) is 0 Å². The molecule has 135 heavy (non-hydrogen) atoms. The van der Waals surface area contributed by atoms with Crippen molar-refractivity contribution in [2.75, 3.05) is 55.3 Å².